The maximum atomic E-state index is 5.88. The lowest BCUT2D eigenvalue weighted by Crippen LogP contribution is -2.39. The molecule has 0 heterocycles. The van der Waals surface area contributed by atoms with Crippen LogP contribution in [0.25, 0.3) is 0 Å². The van der Waals surface area contributed by atoms with Crippen molar-refractivity contribution in [3.63, 3.8) is 0 Å². The Kier molecular flexibility index (Phi) is 13.1. The first-order valence-corrected chi connectivity index (χ1v) is 9.60. The second-order valence-electron chi connectivity index (χ2n) is 5.88. The average molecular weight is 382 g/mol. The van der Waals surface area contributed by atoms with Crippen LogP contribution in [0.5, 0.6) is 5.75 Å². The summed E-state index contributed by atoms with van der Waals surface area (Å²) in [4.78, 5) is 4.66. The normalized spacial score (nSPS) is 11.5. The molecule has 0 aliphatic rings. The molecule has 0 atom stereocenters. The Balaban J connectivity index is 2.58. The van der Waals surface area contributed by atoms with E-state index in [1.54, 1.807) is 7.11 Å². The molecule has 1 aromatic carbocycles. The van der Waals surface area contributed by atoms with Crippen molar-refractivity contribution < 1.29 is 18.9 Å². The van der Waals surface area contributed by atoms with Gasteiger partial charge in [-0.15, -0.1) is 0 Å². The SMILES string of the molecule is CCNC(=NCc1ccc(C)cc1OCCOCC)NCCOCCOC. The first kappa shape index (κ1) is 23.2. The van der Waals surface area contributed by atoms with E-state index in [9.17, 15) is 0 Å². The lowest BCUT2D eigenvalue weighted by atomic mass is 10.1. The molecule has 2 N–H and O–H groups in total. The van der Waals surface area contributed by atoms with Gasteiger partial charge in [-0.25, -0.2) is 4.99 Å². The van der Waals surface area contributed by atoms with E-state index < -0.39 is 0 Å². The monoisotopic (exact) mass is 381 g/mol. The third-order valence-corrected chi connectivity index (χ3v) is 3.63. The quantitative estimate of drug-likeness (QED) is 0.292. The van der Waals surface area contributed by atoms with E-state index in [4.69, 9.17) is 18.9 Å². The number of nitrogens with zero attached hydrogens (tertiary/aromatic N) is 1. The van der Waals surface area contributed by atoms with E-state index in [0.717, 1.165) is 29.4 Å². The molecule has 0 aliphatic carbocycles. The van der Waals surface area contributed by atoms with Gasteiger partial charge in [0, 0.05) is 32.4 Å². The zero-order valence-electron chi connectivity index (χ0n) is 17.2. The molecule has 0 aliphatic heterocycles. The van der Waals surface area contributed by atoms with E-state index in [2.05, 4.69) is 34.7 Å². The van der Waals surface area contributed by atoms with Gasteiger partial charge in [0.15, 0.2) is 5.96 Å². The number of aliphatic imine (C=N–C) groups is 1. The minimum atomic E-state index is 0.532. The number of nitrogens with one attached hydrogen (secondary N) is 2. The molecule has 154 valence electrons. The van der Waals surface area contributed by atoms with Gasteiger partial charge in [-0.2, -0.15) is 0 Å². The average Bonchev–Trinajstić information content (AvgIpc) is 2.67. The first-order chi connectivity index (χ1) is 13.2. The molecule has 0 bridgehead atoms. The summed E-state index contributed by atoms with van der Waals surface area (Å²) in [5.41, 5.74) is 2.21. The van der Waals surface area contributed by atoms with E-state index in [1.165, 1.54) is 0 Å². The number of rotatable bonds is 14. The highest BCUT2D eigenvalue weighted by atomic mass is 16.5. The van der Waals surface area contributed by atoms with Gasteiger partial charge in [0.05, 0.1) is 33.0 Å². The van der Waals surface area contributed by atoms with Gasteiger partial charge in [0.1, 0.15) is 12.4 Å². The summed E-state index contributed by atoms with van der Waals surface area (Å²) in [5.74, 6) is 1.62. The molecule has 0 saturated heterocycles. The Hall–Kier alpha value is -1.83. The molecule has 0 saturated carbocycles. The number of aryl methyl sites for hydroxylation is 1. The number of benzene rings is 1. The van der Waals surface area contributed by atoms with Crippen LogP contribution in [0.4, 0.5) is 0 Å². The van der Waals surface area contributed by atoms with Crippen molar-refractivity contribution in [3.8, 4) is 5.75 Å². The van der Waals surface area contributed by atoms with Crippen LogP contribution in [0.1, 0.15) is 25.0 Å². The highest BCUT2D eigenvalue weighted by molar-refractivity contribution is 5.79. The summed E-state index contributed by atoms with van der Waals surface area (Å²) in [6, 6.07) is 6.18. The van der Waals surface area contributed by atoms with Gasteiger partial charge in [-0.05, 0) is 32.4 Å². The zero-order chi connectivity index (χ0) is 19.7. The Labute approximate surface area is 163 Å². The van der Waals surface area contributed by atoms with Gasteiger partial charge in [-0.3, -0.25) is 0 Å². The maximum absolute atomic E-state index is 5.88. The van der Waals surface area contributed by atoms with Crippen LogP contribution in [-0.2, 0) is 20.8 Å². The van der Waals surface area contributed by atoms with Crippen molar-refractivity contribution in [1.29, 1.82) is 0 Å². The molecule has 0 spiro atoms. The minimum absolute atomic E-state index is 0.532. The summed E-state index contributed by atoms with van der Waals surface area (Å²) in [5, 5.41) is 6.51. The fourth-order valence-electron chi connectivity index (χ4n) is 2.27. The predicted molar refractivity (Wildman–Crippen MR) is 109 cm³/mol. The van der Waals surface area contributed by atoms with Gasteiger partial charge in [0.2, 0.25) is 0 Å². The largest absolute Gasteiger partial charge is 0.491 e. The Morgan fingerprint density at radius 1 is 1.00 bits per heavy atom. The summed E-state index contributed by atoms with van der Waals surface area (Å²) in [7, 11) is 1.66. The second-order valence-corrected chi connectivity index (χ2v) is 5.88. The van der Waals surface area contributed by atoms with E-state index in [0.29, 0.717) is 52.7 Å². The molecular formula is C20H35N3O4. The van der Waals surface area contributed by atoms with Gasteiger partial charge in [0.25, 0.3) is 0 Å². The molecule has 0 fully saturated rings. The summed E-state index contributed by atoms with van der Waals surface area (Å²) < 4.78 is 21.6. The van der Waals surface area contributed by atoms with Crippen molar-refractivity contribution in [2.24, 2.45) is 4.99 Å². The fraction of sp³-hybridized carbons (Fsp3) is 0.650. The molecule has 7 heteroatoms. The maximum Gasteiger partial charge on any atom is 0.191 e. The van der Waals surface area contributed by atoms with Gasteiger partial charge in [-0.1, -0.05) is 12.1 Å². The highest BCUT2D eigenvalue weighted by Gasteiger charge is 2.05. The molecule has 0 unspecified atom stereocenters. The smallest absolute Gasteiger partial charge is 0.191 e. The fourth-order valence-corrected chi connectivity index (χ4v) is 2.27. The zero-order valence-corrected chi connectivity index (χ0v) is 17.2. The molecule has 0 aromatic heterocycles. The van der Waals surface area contributed by atoms with Crippen molar-refractivity contribution in [3.05, 3.63) is 29.3 Å². The number of ether oxygens (including phenoxy) is 4. The topological polar surface area (TPSA) is 73.3 Å². The van der Waals surface area contributed by atoms with E-state index in [-0.39, 0.29) is 0 Å². The standard InChI is InChI=1S/C20H35N3O4/c1-5-21-20(22-9-10-26-12-11-24-4)23-16-18-8-7-17(3)15-19(18)27-14-13-25-6-2/h7-8,15H,5-6,9-14,16H2,1-4H3,(H2,21,22,23). The van der Waals surface area contributed by atoms with Gasteiger partial charge < -0.3 is 29.6 Å². The Bertz CT molecular complexity index is 538. The third kappa shape index (κ3) is 10.8. The number of guanidine groups is 1. The van der Waals surface area contributed by atoms with Crippen LogP contribution in [0.2, 0.25) is 0 Å². The Morgan fingerprint density at radius 3 is 2.56 bits per heavy atom. The van der Waals surface area contributed by atoms with Crippen LogP contribution < -0.4 is 15.4 Å². The summed E-state index contributed by atoms with van der Waals surface area (Å²) in [6.45, 7) is 11.7. The number of methoxy groups -OCH3 is 1. The minimum Gasteiger partial charge on any atom is -0.491 e. The second kappa shape index (κ2) is 15.2. The van der Waals surface area contributed by atoms with Crippen molar-refractivity contribution in [2.45, 2.75) is 27.3 Å². The van der Waals surface area contributed by atoms with Crippen molar-refractivity contribution in [2.75, 3.05) is 59.8 Å². The molecule has 0 radical (unpaired) electrons. The van der Waals surface area contributed by atoms with E-state index >= 15 is 0 Å². The molecule has 0 amide bonds. The lowest BCUT2D eigenvalue weighted by molar-refractivity contribution is 0.0733. The Morgan fingerprint density at radius 2 is 1.81 bits per heavy atom. The van der Waals surface area contributed by atoms with Crippen LogP contribution in [0.15, 0.2) is 23.2 Å². The van der Waals surface area contributed by atoms with Gasteiger partial charge >= 0.3 is 0 Å². The predicted octanol–water partition coefficient (Wildman–Crippen LogP) is 2.13. The third-order valence-electron chi connectivity index (χ3n) is 3.63. The number of hydrogen-bond donors (Lipinski definition) is 2. The van der Waals surface area contributed by atoms with E-state index in [1.807, 2.05) is 19.9 Å². The molecule has 1 rings (SSSR count). The summed E-state index contributed by atoms with van der Waals surface area (Å²) in [6.07, 6.45) is 0. The number of hydrogen-bond acceptors (Lipinski definition) is 5. The lowest BCUT2D eigenvalue weighted by Gasteiger charge is -2.14. The van der Waals surface area contributed by atoms with Crippen LogP contribution >= 0.6 is 0 Å². The highest BCUT2D eigenvalue weighted by Crippen LogP contribution is 2.21. The molecule has 7 nitrogen and oxygen atoms in total. The molecule has 27 heavy (non-hydrogen) atoms. The van der Waals surface area contributed by atoms with Crippen LogP contribution in [-0.4, -0.2) is 65.8 Å². The van der Waals surface area contributed by atoms with Crippen LogP contribution in [0.3, 0.4) is 0 Å². The first-order valence-electron chi connectivity index (χ1n) is 9.60. The molecular weight excluding hydrogens is 346 g/mol. The summed E-state index contributed by atoms with van der Waals surface area (Å²) >= 11 is 0. The van der Waals surface area contributed by atoms with Crippen molar-refractivity contribution in [1.82, 2.24) is 10.6 Å². The van der Waals surface area contributed by atoms with Crippen LogP contribution in [0, 0.1) is 6.92 Å². The van der Waals surface area contributed by atoms with Crippen molar-refractivity contribution >= 4 is 5.96 Å². The molecule has 1 aromatic rings.